The van der Waals surface area contributed by atoms with Crippen LogP contribution in [0.15, 0.2) is 29.2 Å². The average molecular weight is 294 g/mol. The van der Waals surface area contributed by atoms with Gasteiger partial charge in [-0.2, -0.15) is 8.42 Å². The van der Waals surface area contributed by atoms with Gasteiger partial charge in [-0.25, -0.2) is 0 Å². The number of halogens is 1. The van der Waals surface area contributed by atoms with E-state index in [2.05, 4.69) is 0 Å². The Morgan fingerprint density at radius 2 is 1.61 bits per heavy atom. The first-order chi connectivity index (χ1) is 7.71. The third kappa shape index (κ3) is 5.82. The van der Waals surface area contributed by atoms with E-state index >= 15 is 0 Å². The fourth-order valence-corrected chi connectivity index (χ4v) is 2.09. The summed E-state index contributed by atoms with van der Waals surface area (Å²) in [5.74, 6) is 0. The Morgan fingerprint density at radius 1 is 1.11 bits per heavy atom. The van der Waals surface area contributed by atoms with Crippen LogP contribution >= 0.6 is 0 Å². The van der Waals surface area contributed by atoms with Crippen LogP contribution in [0.1, 0.15) is 5.56 Å². The lowest BCUT2D eigenvalue weighted by Crippen LogP contribution is -3.00. The Morgan fingerprint density at radius 3 is 2.06 bits per heavy atom. The summed E-state index contributed by atoms with van der Waals surface area (Å²) >= 11 is 0. The summed E-state index contributed by atoms with van der Waals surface area (Å²) in [5, 5.41) is 0. The lowest BCUT2D eigenvalue weighted by Gasteiger charge is -2.23. The van der Waals surface area contributed by atoms with E-state index in [0.29, 0.717) is 11.0 Å². The van der Waals surface area contributed by atoms with E-state index in [9.17, 15) is 8.42 Å². The topological polar surface area (TPSA) is 43.4 Å². The second kappa shape index (κ2) is 6.52. The van der Waals surface area contributed by atoms with E-state index in [4.69, 9.17) is 4.18 Å². The van der Waals surface area contributed by atoms with E-state index in [1.807, 2.05) is 28.1 Å². The van der Waals surface area contributed by atoms with Gasteiger partial charge in [-0.15, -0.1) is 0 Å². The number of likely N-dealkylation sites (N-methyl/N-ethyl adjacent to an activating group) is 1. The average Bonchev–Trinajstić information content (AvgIpc) is 2.15. The van der Waals surface area contributed by atoms with Crippen LogP contribution in [-0.4, -0.2) is 47.2 Å². The molecule has 0 amide bonds. The zero-order valence-electron chi connectivity index (χ0n) is 11.2. The number of aryl methyl sites for hydroxylation is 1. The van der Waals surface area contributed by atoms with Crippen molar-refractivity contribution >= 4 is 10.1 Å². The van der Waals surface area contributed by atoms with Gasteiger partial charge in [0.2, 0.25) is 0 Å². The summed E-state index contributed by atoms with van der Waals surface area (Å²) < 4.78 is 29.3. The van der Waals surface area contributed by atoms with Gasteiger partial charge < -0.3 is 16.9 Å². The van der Waals surface area contributed by atoms with Crippen molar-refractivity contribution in [2.24, 2.45) is 0 Å². The Labute approximate surface area is 116 Å². The zero-order chi connectivity index (χ0) is 13.1. The van der Waals surface area contributed by atoms with Crippen molar-refractivity contribution in [3.8, 4) is 0 Å². The lowest BCUT2D eigenvalue weighted by atomic mass is 10.2. The van der Waals surface area contributed by atoms with Crippen LogP contribution in [0.25, 0.3) is 0 Å². The fraction of sp³-hybridized carbons (Fsp3) is 0.500. The summed E-state index contributed by atoms with van der Waals surface area (Å²) in [4.78, 5) is 0.213. The summed E-state index contributed by atoms with van der Waals surface area (Å²) in [5.41, 5.74) is 1.02. The molecule has 0 radical (unpaired) electrons. The maximum Gasteiger partial charge on any atom is 0.297 e. The highest BCUT2D eigenvalue weighted by atomic mass is 35.5. The van der Waals surface area contributed by atoms with Crippen LogP contribution in [0.4, 0.5) is 0 Å². The summed E-state index contributed by atoms with van der Waals surface area (Å²) in [6.07, 6.45) is 0. The molecular formula is C12H20ClNO3S. The van der Waals surface area contributed by atoms with Crippen LogP contribution in [-0.2, 0) is 14.3 Å². The molecule has 18 heavy (non-hydrogen) atoms. The van der Waals surface area contributed by atoms with Crippen molar-refractivity contribution in [2.75, 3.05) is 34.3 Å². The van der Waals surface area contributed by atoms with E-state index in [1.165, 1.54) is 0 Å². The first-order valence-electron chi connectivity index (χ1n) is 5.47. The molecular weight excluding hydrogens is 274 g/mol. The molecule has 0 saturated carbocycles. The van der Waals surface area contributed by atoms with Gasteiger partial charge in [-0.05, 0) is 19.1 Å². The van der Waals surface area contributed by atoms with Crippen molar-refractivity contribution in [1.29, 1.82) is 0 Å². The van der Waals surface area contributed by atoms with Crippen LogP contribution < -0.4 is 12.4 Å². The second-order valence-electron chi connectivity index (χ2n) is 5.10. The van der Waals surface area contributed by atoms with Gasteiger partial charge in [0.05, 0.1) is 26.0 Å². The molecule has 0 fully saturated rings. The molecule has 0 bridgehead atoms. The summed E-state index contributed by atoms with van der Waals surface area (Å²) in [6, 6.07) is 6.65. The Hall–Kier alpha value is -0.620. The third-order valence-corrected chi connectivity index (χ3v) is 3.64. The van der Waals surface area contributed by atoms with Gasteiger partial charge >= 0.3 is 0 Å². The highest BCUT2D eigenvalue weighted by Gasteiger charge is 2.16. The normalized spacial score (nSPS) is 12.0. The molecule has 1 aromatic carbocycles. The lowest BCUT2D eigenvalue weighted by molar-refractivity contribution is -0.870. The summed E-state index contributed by atoms with van der Waals surface area (Å²) in [6.45, 7) is 2.75. The quantitative estimate of drug-likeness (QED) is 0.486. The van der Waals surface area contributed by atoms with Gasteiger partial charge in [-0.1, -0.05) is 17.7 Å². The molecule has 0 aliphatic carbocycles. The van der Waals surface area contributed by atoms with Gasteiger partial charge in [0, 0.05) is 0 Å². The summed E-state index contributed by atoms with van der Waals surface area (Å²) in [7, 11) is 2.35. The van der Waals surface area contributed by atoms with Gasteiger partial charge in [0.25, 0.3) is 10.1 Å². The molecule has 104 valence electrons. The van der Waals surface area contributed by atoms with E-state index in [-0.39, 0.29) is 23.9 Å². The predicted molar refractivity (Wildman–Crippen MR) is 67.2 cm³/mol. The molecule has 1 rings (SSSR count). The maximum absolute atomic E-state index is 11.8. The Kier molecular flexibility index (Phi) is 6.29. The number of hydrogen-bond acceptors (Lipinski definition) is 3. The van der Waals surface area contributed by atoms with Crippen LogP contribution in [0.2, 0.25) is 0 Å². The second-order valence-corrected chi connectivity index (χ2v) is 6.72. The molecule has 0 N–H and O–H groups in total. The van der Waals surface area contributed by atoms with E-state index in [0.717, 1.165) is 5.56 Å². The van der Waals surface area contributed by atoms with Crippen molar-refractivity contribution in [1.82, 2.24) is 0 Å². The minimum absolute atomic E-state index is 0. The molecule has 0 atom stereocenters. The molecule has 4 nitrogen and oxygen atoms in total. The molecule has 0 aliphatic heterocycles. The highest BCUT2D eigenvalue weighted by Crippen LogP contribution is 2.13. The maximum atomic E-state index is 11.8. The van der Waals surface area contributed by atoms with Gasteiger partial charge in [0.15, 0.2) is 0 Å². The molecule has 0 aliphatic rings. The SMILES string of the molecule is Cc1ccc(S(=O)(=O)OCC[N+](C)(C)C)cc1.[Cl-]. The zero-order valence-corrected chi connectivity index (χ0v) is 12.8. The monoisotopic (exact) mass is 293 g/mol. The first kappa shape index (κ1) is 17.4. The number of hydrogen-bond donors (Lipinski definition) is 0. The molecule has 1 aromatic rings. The molecule has 0 spiro atoms. The van der Waals surface area contributed by atoms with E-state index in [1.54, 1.807) is 24.3 Å². The van der Waals surface area contributed by atoms with Crippen molar-refractivity contribution in [3.05, 3.63) is 29.8 Å². The van der Waals surface area contributed by atoms with Gasteiger partial charge in [-0.3, -0.25) is 4.18 Å². The molecule has 0 saturated heterocycles. The smallest absolute Gasteiger partial charge is 0.297 e. The minimum atomic E-state index is -3.61. The van der Waals surface area contributed by atoms with Crippen molar-refractivity contribution in [2.45, 2.75) is 11.8 Å². The van der Waals surface area contributed by atoms with Crippen LogP contribution in [0.3, 0.4) is 0 Å². The first-order valence-corrected chi connectivity index (χ1v) is 6.88. The highest BCUT2D eigenvalue weighted by molar-refractivity contribution is 7.86. The molecule has 6 heteroatoms. The van der Waals surface area contributed by atoms with Gasteiger partial charge in [0.1, 0.15) is 13.2 Å². The standard InChI is InChI=1S/C12H20NO3S.ClH/c1-11-5-7-12(8-6-11)17(14,15)16-10-9-13(2,3)4;/h5-8H,9-10H2,1-4H3;1H/q+1;/p-1. The predicted octanol–water partition coefficient (Wildman–Crippen LogP) is -1.59. The number of nitrogens with zero attached hydrogens (tertiary/aromatic N) is 1. The Balaban J connectivity index is 0.00000289. The molecule has 0 unspecified atom stereocenters. The molecule has 0 aromatic heterocycles. The number of benzene rings is 1. The fourth-order valence-electron chi connectivity index (χ4n) is 1.19. The van der Waals surface area contributed by atoms with Crippen LogP contribution in [0, 0.1) is 6.92 Å². The van der Waals surface area contributed by atoms with Crippen LogP contribution in [0.5, 0.6) is 0 Å². The van der Waals surface area contributed by atoms with Crippen molar-refractivity contribution < 1.29 is 29.5 Å². The minimum Gasteiger partial charge on any atom is -1.00 e. The largest absolute Gasteiger partial charge is 1.00 e. The number of quaternary nitrogens is 1. The third-order valence-electron chi connectivity index (χ3n) is 2.31. The van der Waals surface area contributed by atoms with Crippen molar-refractivity contribution in [3.63, 3.8) is 0 Å². The van der Waals surface area contributed by atoms with E-state index < -0.39 is 10.1 Å². The number of rotatable bonds is 5. The Bertz CT molecular complexity index is 463. The molecule has 0 heterocycles.